The highest BCUT2D eigenvalue weighted by Gasteiger charge is 2.05. The zero-order chi connectivity index (χ0) is 10.1. The molecule has 2 aromatic heterocycles. The minimum Gasteiger partial charge on any atom is -0.263 e. The van der Waals surface area contributed by atoms with Crippen LogP contribution < -0.4 is 0 Å². The van der Waals surface area contributed by atoms with E-state index in [4.69, 9.17) is 11.6 Å². The highest BCUT2D eigenvalue weighted by molar-refractivity contribution is 7.12. The highest BCUT2D eigenvalue weighted by Crippen LogP contribution is 2.30. The minimum absolute atomic E-state index is 0.686. The Morgan fingerprint density at radius 1 is 1.21 bits per heavy atom. The smallest absolute Gasteiger partial charge is 0.0595 e. The van der Waals surface area contributed by atoms with E-state index in [2.05, 4.69) is 24.9 Å². The predicted molar refractivity (Wildman–Crippen MR) is 62.0 cm³/mol. The standard InChI is InChI=1S/C11H10ClNS/c1-7-3-11(8(2)14-7)9-4-10(12)6-13-5-9/h3-6H,1-2H3. The summed E-state index contributed by atoms with van der Waals surface area (Å²) in [4.78, 5) is 6.71. The van der Waals surface area contributed by atoms with E-state index in [0.717, 1.165) is 5.56 Å². The maximum atomic E-state index is 5.89. The summed E-state index contributed by atoms with van der Waals surface area (Å²) < 4.78 is 0. The van der Waals surface area contributed by atoms with Gasteiger partial charge in [0.15, 0.2) is 0 Å². The van der Waals surface area contributed by atoms with Crippen LogP contribution in [0.4, 0.5) is 0 Å². The van der Waals surface area contributed by atoms with Gasteiger partial charge < -0.3 is 0 Å². The van der Waals surface area contributed by atoms with Gasteiger partial charge in [-0.25, -0.2) is 0 Å². The van der Waals surface area contributed by atoms with Gasteiger partial charge in [0.2, 0.25) is 0 Å². The Kier molecular flexibility index (Phi) is 2.57. The summed E-state index contributed by atoms with van der Waals surface area (Å²) in [6.07, 6.45) is 3.50. The van der Waals surface area contributed by atoms with Crippen molar-refractivity contribution in [3.8, 4) is 11.1 Å². The van der Waals surface area contributed by atoms with Gasteiger partial charge in [0, 0.05) is 27.7 Å². The largest absolute Gasteiger partial charge is 0.263 e. The summed E-state index contributed by atoms with van der Waals surface area (Å²) in [7, 11) is 0. The molecule has 1 nitrogen and oxygen atoms in total. The molecular formula is C11H10ClNS. The fourth-order valence-electron chi connectivity index (χ4n) is 1.48. The number of aryl methyl sites for hydroxylation is 2. The first-order valence-corrected chi connectivity index (χ1v) is 5.54. The SMILES string of the molecule is Cc1cc(-c2cncc(Cl)c2)c(C)s1. The van der Waals surface area contributed by atoms with Crippen LogP contribution in [0.2, 0.25) is 5.02 Å². The van der Waals surface area contributed by atoms with Crippen LogP contribution in [0.25, 0.3) is 11.1 Å². The van der Waals surface area contributed by atoms with Crippen LogP contribution in [0.3, 0.4) is 0 Å². The van der Waals surface area contributed by atoms with E-state index in [9.17, 15) is 0 Å². The van der Waals surface area contributed by atoms with E-state index >= 15 is 0 Å². The van der Waals surface area contributed by atoms with Crippen molar-refractivity contribution in [3.63, 3.8) is 0 Å². The lowest BCUT2D eigenvalue weighted by Crippen LogP contribution is -1.79. The van der Waals surface area contributed by atoms with Crippen LogP contribution in [-0.4, -0.2) is 4.98 Å². The van der Waals surface area contributed by atoms with Gasteiger partial charge in [-0.2, -0.15) is 0 Å². The quantitative estimate of drug-likeness (QED) is 0.710. The molecule has 0 atom stereocenters. The molecule has 0 aliphatic rings. The first-order chi connectivity index (χ1) is 6.66. The van der Waals surface area contributed by atoms with Crippen LogP contribution in [0.5, 0.6) is 0 Å². The third-order valence-corrected chi connectivity index (χ3v) is 3.23. The second-order valence-corrected chi connectivity index (χ2v) is 5.12. The molecule has 3 heteroatoms. The summed E-state index contributed by atoms with van der Waals surface area (Å²) in [6, 6.07) is 4.12. The summed E-state index contributed by atoms with van der Waals surface area (Å²) >= 11 is 7.69. The Balaban J connectivity index is 2.54. The number of thiophene rings is 1. The monoisotopic (exact) mass is 223 g/mol. The molecule has 0 radical (unpaired) electrons. The number of rotatable bonds is 1. The molecule has 2 rings (SSSR count). The van der Waals surface area contributed by atoms with Crippen molar-refractivity contribution < 1.29 is 0 Å². The Morgan fingerprint density at radius 3 is 2.57 bits per heavy atom. The summed E-state index contributed by atoms with van der Waals surface area (Å²) in [6.45, 7) is 4.23. The third-order valence-electron chi connectivity index (χ3n) is 2.06. The lowest BCUT2D eigenvalue weighted by molar-refractivity contribution is 1.33. The molecule has 0 aliphatic heterocycles. The Morgan fingerprint density at radius 2 is 2.00 bits per heavy atom. The van der Waals surface area contributed by atoms with Crippen LogP contribution >= 0.6 is 22.9 Å². The zero-order valence-electron chi connectivity index (χ0n) is 8.04. The topological polar surface area (TPSA) is 12.9 Å². The normalized spacial score (nSPS) is 10.5. The lowest BCUT2D eigenvalue weighted by Gasteiger charge is -1.99. The second kappa shape index (κ2) is 3.71. The molecule has 0 fully saturated rings. The average molecular weight is 224 g/mol. The molecule has 0 aliphatic carbocycles. The summed E-state index contributed by atoms with van der Waals surface area (Å²) in [5, 5.41) is 0.686. The van der Waals surface area contributed by atoms with Gasteiger partial charge >= 0.3 is 0 Å². The van der Waals surface area contributed by atoms with Crippen molar-refractivity contribution in [1.82, 2.24) is 4.98 Å². The fourth-order valence-corrected chi connectivity index (χ4v) is 2.60. The Hall–Kier alpha value is -0.860. The Bertz CT molecular complexity index is 462. The lowest BCUT2D eigenvalue weighted by atomic mass is 10.1. The molecule has 0 N–H and O–H groups in total. The van der Waals surface area contributed by atoms with Gasteiger partial charge in [-0.15, -0.1) is 11.3 Å². The van der Waals surface area contributed by atoms with Gasteiger partial charge in [-0.1, -0.05) is 11.6 Å². The highest BCUT2D eigenvalue weighted by atomic mass is 35.5. The first-order valence-electron chi connectivity index (χ1n) is 4.35. The van der Waals surface area contributed by atoms with Crippen molar-refractivity contribution in [2.24, 2.45) is 0 Å². The van der Waals surface area contributed by atoms with Gasteiger partial charge in [0.25, 0.3) is 0 Å². The summed E-state index contributed by atoms with van der Waals surface area (Å²) in [5.74, 6) is 0. The van der Waals surface area contributed by atoms with E-state index in [1.165, 1.54) is 15.3 Å². The van der Waals surface area contributed by atoms with E-state index < -0.39 is 0 Å². The van der Waals surface area contributed by atoms with Crippen molar-refractivity contribution in [1.29, 1.82) is 0 Å². The maximum Gasteiger partial charge on any atom is 0.0595 e. The van der Waals surface area contributed by atoms with E-state index in [-0.39, 0.29) is 0 Å². The zero-order valence-corrected chi connectivity index (χ0v) is 9.62. The number of halogens is 1. The van der Waals surface area contributed by atoms with E-state index in [1.54, 1.807) is 17.5 Å². The first kappa shape index (κ1) is 9.69. The molecule has 0 saturated carbocycles. The van der Waals surface area contributed by atoms with Crippen molar-refractivity contribution >= 4 is 22.9 Å². The number of nitrogens with zero attached hydrogens (tertiary/aromatic N) is 1. The maximum absolute atomic E-state index is 5.89. The molecule has 0 aromatic carbocycles. The van der Waals surface area contributed by atoms with Crippen molar-refractivity contribution in [3.05, 3.63) is 39.3 Å². The van der Waals surface area contributed by atoms with Crippen molar-refractivity contribution in [2.75, 3.05) is 0 Å². The Labute approximate surface area is 92.4 Å². The average Bonchev–Trinajstić information content (AvgIpc) is 2.45. The molecule has 0 amide bonds. The molecule has 2 heterocycles. The van der Waals surface area contributed by atoms with Gasteiger partial charge in [-0.05, 0) is 31.5 Å². The van der Waals surface area contributed by atoms with Crippen LogP contribution in [0, 0.1) is 13.8 Å². The summed E-state index contributed by atoms with van der Waals surface area (Å²) in [5.41, 5.74) is 2.34. The van der Waals surface area contributed by atoms with Crippen LogP contribution in [0.1, 0.15) is 9.75 Å². The van der Waals surface area contributed by atoms with E-state index in [0.29, 0.717) is 5.02 Å². The van der Waals surface area contributed by atoms with Gasteiger partial charge in [0.05, 0.1) is 5.02 Å². The fraction of sp³-hybridized carbons (Fsp3) is 0.182. The van der Waals surface area contributed by atoms with Crippen LogP contribution in [0.15, 0.2) is 24.5 Å². The van der Waals surface area contributed by atoms with Crippen molar-refractivity contribution in [2.45, 2.75) is 13.8 Å². The molecule has 0 spiro atoms. The molecule has 0 saturated heterocycles. The van der Waals surface area contributed by atoms with Crippen LogP contribution in [-0.2, 0) is 0 Å². The molecule has 14 heavy (non-hydrogen) atoms. The number of hydrogen-bond acceptors (Lipinski definition) is 2. The second-order valence-electron chi connectivity index (χ2n) is 3.22. The number of hydrogen-bond donors (Lipinski definition) is 0. The van der Waals surface area contributed by atoms with Gasteiger partial charge in [-0.3, -0.25) is 4.98 Å². The van der Waals surface area contributed by atoms with E-state index in [1.807, 2.05) is 12.3 Å². The number of aromatic nitrogens is 1. The number of pyridine rings is 1. The molecule has 0 bridgehead atoms. The molecule has 2 aromatic rings. The molecular weight excluding hydrogens is 214 g/mol. The third kappa shape index (κ3) is 1.81. The van der Waals surface area contributed by atoms with Gasteiger partial charge in [0.1, 0.15) is 0 Å². The molecule has 72 valence electrons. The predicted octanol–water partition coefficient (Wildman–Crippen LogP) is 4.08. The molecule has 0 unspecified atom stereocenters. The minimum atomic E-state index is 0.686.